The molecule has 0 aliphatic carbocycles. The molecular weight excluding hydrogens is 378 g/mol. The molecule has 7 heteroatoms. The maximum atomic E-state index is 12.7. The van der Waals surface area contributed by atoms with Crippen LogP contribution < -0.4 is 4.72 Å². The highest BCUT2D eigenvalue weighted by atomic mass is 32.2. The van der Waals surface area contributed by atoms with Crippen LogP contribution in [0.4, 0.5) is 0 Å². The van der Waals surface area contributed by atoms with Gasteiger partial charge in [-0.15, -0.1) is 0 Å². The molecule has 160 valence electrons. The average molecular weight is 420 g/mol. The number of hydrogen-bond acceptors (Lipinski definition) is 4. The Morgan fingerprint density at radius 3 is 2.26 bits per heavy atom. The zero-order chi connectivity index (χ0) is 20.9. The first-order chi connectivity index (χ1) is 12.2. The minimum Gasteiger partial charge on any atom is -0.413 e. The first kappa shape index (κ1) is 25.0. The van der Waals surface area contributed by atoms with Crippen molar-refractivity contribution in [3.8, 4) is 0 Å². The van der Waals surface area contributed by atoms with Crippen molar-refractivity contribution in [3.05, 3.63) is 12.2 Å². The summed E-state index contributed by atoms with van der Waals surface area (Å²) >= 11 is 0. The molecule has 0 amide bonds. The van der Waals surface area contributed by atoms with E-state index in [1.807, 2.05) is 20.8 Å². The Labute approximate surface area is 170 Å². The lowest BCUT2D eigenvalue weighted by Crippen LogP contribution is -2.44. The topological polar surface area (TPSA) is 56.8 Å². The maximum absolute atomic E-state index is 12.7. The summed E-state index contributed by atoms with van der Waals surface area (Å²) in [4.78, 5) is 0. The van der Waals surface area contributed by atoms with Crippen LogP contribution in [0.2, 0.25) is 18.1 Å². The zero-order valence-electron chi connectivity index (χ0n) is 18.6. The van der Waals surface area contributed by atoms with Gasteiger partial charge in [0.05, 0.1) is 35.6 Å². The second-order valence-corrected chi connectivity index (χ2v) is 16.7. The first-order valence-electron chi connectivity index (χ1n) is 9.97. The van der Waals surface area contributed by atoms with Crippen molar-refractivity contribution in [1.82, 2.24) is 4.72 Å². The van der Waals surface area contributed by atoms with E-state index in [2.05, 4.69) is 45.2 Å². The fourth-order valence-corrected chi connectivity index (χ4v) is 4.12. The summed E-state index contributed by atoms with van der Waals surface area (Å²) in [5.74, 6) is 0. The summed E-state index contributed by atoms with van der Waals surface area (Å²) < 4.78 is 33.2. The van der Waals surface area contributed by atoms with Gasteiger partial charge < -0.3 is 13.9 Å². The van der Waals surface area contributed by atoms with E-state index in [1.165, 1.54) is 0 Å². The lowest BCUT2D eigenvalue weighted by atomic mass is 10.1. The molecule has 0 unspecified atom stereocenters. The molecule has 1 saturated heterocycles. The Balaban J connectivity index is 2.73. The minimum atomic E-state index is -1.86. The van der Waals surface area contributed by atoms with Gasteiger partial charge in [-0.3, -0.25) is 0 Å². The molecule has 2 atom stereocenters. The number of nitrogens with one attached hydrogen (secondary N) is 1. The van der Waals surface area contributed by atoms with Crippen molar-refractivity contribution in [2.75, 3.05) is 19.8 Å². The second-order valence-electron chi connectivity index (χ2n) is 9.86. The molecule has 0 radical (unpaired) electrons. The van der Waals surface area contributed by atoms with Crippen LogP contribution in [0.5, 0.6) is 0 Å². The molecule has 0 bridgehead atoms. The predicted octanol–water partition coefficient (Wildman–Crippen LogP) is 4.53. The van der Waals surface area contributed by atoms with Crippen molar-refractivity contribution >= 4 is 19.3 Å². The smallest absolute Gasteiger partial charge is 0.192 e. The van der Waals surface area contributed by atoms with E-state index in [0.717, 1.165) is 38.0 Å². The first-order valence-corrected chi connectivity index (χ1v) is 14.0. The largest absolute Gasteiger partial charge is 0.413 e. The zero-order valence-corrected chi connectivity index (χ0v) is 20.5. The molecule has 0 aromatic rings. The summed E-state index contributed by atoms with van der Waals surface area (Å²) in [6, 6.07) is -0.0936. The van der Waals surface area contributed by atoms with Crippen molar-refractivity contribution < 1.29 is 18.1 Å². The number of hydrogen-bond donors (Lipinski definition) is 1. The van der Waals surface area contributed by atoms with Gasteiger partial charge in [-0.25, -0.2) is 8.93 Å². The van der Waals surface area contributed by atoms with Gasteiger partial charge in [-0.2, -0.15) is 0 Å². The predicted molar refractivity (Wildman–Crippen MR) is 117 cm³/mol. The summed E-state index contributed by atoms with van der Waals surface area (Å²) in [6.07, 6.45) is 2.27. The quantitative estimate of drug-likeness (QED) is 0.441. The van der Waals surface area contributed by atoms with E-state index in [0.29, 0.717) is 6.61 Å². The van der Waals surface area contributed by atoms with Crippen LogP contribution in [0.15, 0.2) is 12.2 Å². The fourth-order valence-electron chi connectivity index (χ4n) is 2.25. The SMILES string of the molecule is C=C(CO[Si](C)(C)C(C)(C)C)[C@H](CCC1OCCCO1)N[S@@](=O)C(C)(C)C. The van der Waals surface area contributed by atoms with E-state index in [9.17, 15) is 4.21 Å². The van der Waals surface area contributed by atoms with Crippen molar-refractivity contribution in [3.63, 3.8) is 0 Å². The average Bonchev–Trinajstić information content (AvgIpc) is 2.55. The van der Waals surface area contributed by atoms with Crippen LogP contribution in [-0.2, 0) is 24.9 Å². The van der Waals surface area contributed by atoms with Crippen LogP contribution in [0.1, 0.15) is 60.8 Å². The molecule has 1 aliphatic rings. The Morgan fingerprint density at radius 2 is 1.78 bits per heavy atom. The van der Waals surface area contributed by atoms with Crippen LogP contribution >= 0.6 is 0 Å². The molecule has 0 saturated carbocycles. The van der Waals surface area contributed by atoms with Crippen LogP contribution in [0.25, 0.3) is 0 Å². The third-order valence-corrected chi connectivity index (χ3v) is 11.4. The molecule has 1 N–H and O–H groups in total. The maximum Gasteiger partial charge on any atom is 0.192 e. The van der Waals surface area contributed by atoms with Gasteiger partial charge in [0.15, 0.2) is 14.6 Å². The molecular formula is C20H41NO4SSi. The molecule has 1 fully saturated rings. The monoisotopic (exact) mass is 419 g/mol. The lowest BCUT2D eigenvalue weighted by Gasteiger charge is -2.37. The van der Waals surface area contributed by atoms with Crippen LogP contribution in [0, 0.1) is 0 Å². The lowest BCUT2D eigenvalue weighted by molar-refractivity contribution is -0.181. The number of rotatable bonds is 9. The summed E-state index contributed by atoms with van der Waals surface area (Å²) in [5.41, 5.74) is 0.938. The van der Waals surface area contributed by atoms with E-state index in [-0.39, 0.29) is 22.1 Å². The number of ether oxygens (including phenoxy) is 2. The van der Waals surface area contributed by atoms with E-state index >= 15 is 0 Å². The Morgan fingerprint density at radius 1 is 1.22 bits per heavy atom. The van der Waals surface area contributed by atoms with Gasteiger partial charge in [0, 0.05) is 12.5 Å². The Hall–Kier alpha value is -0.0531. The third kappa shape index (κ3) is 8.46. The second kappa shape index (κ2) is 10.1. The molecule has 1 aliphatic heterocycles. The molecule has 1 rings (SSSR count). The van der Waals surface area contributed by atoms with E-state index in [4.69, 9.17) is 13.9 Å². The Bertz CT molecular complexity index is 505. The Kier molecular flexibility index (Phi) is 9.36. The molecule has 27 heavy (non-hydrogen) atoms. The highest BCUT2D eigenvalue weighted by molar-refractivity contribution is 7.84. The normalized spacial score (nSPS) is 19.7. The highest BCUT2D eigenvalue weighted by Gasteiger charge is 2.37. The van der Waals surface area contributed by atoms with Gasteiger partial charge in [0.2, 0.25) is 0 Å². The van der Waals surface area contributed by atoms with Gasteiger partial charge in [0.1, 0.15) is 0 Å². The standard InChI is InChI=1S/C20H41NO4SSi/c1-16(15-25-27(8,9)20(5,6)7)17(21-26(22)19(2,3)4)11-12-18-23-13-10-14-24-18/h17-18,21H,1,10-15H2,2-9H3/t17-,26-/m0/s1. The third-order valence-electron chi connectivity index (χ3n) is 5.31. The summed E-state index contributed by atoms with van der Waals surface area (Å²) in [6.45, 7) is 23.3. The van der Waals surface area contributed by atoms with Crippen molar-refractivity contribution in [2.24, 2.45) is 0 Å². The minimum absolute atomic E-state index is 0.0936. The van der Waals surface area contributed by atoms with E-state index < -0.39 is 19.3 Å². The van der Waals surface area contributed by atoms with Crippen molar-refractivity contribution in [2.45, 2.75) is 96.0 Å². The molecule has 1 heterocycles. The molecule has 0 aromatic carbocycles. The highest BCUT2D eigenvalue weighted by Crippen LogP contribution is 2.36. The van der Waals surface area contributed by atoms with Crippen LogP contribution in [-0.4, -0.2) is 49.4 Å². The van der Waals surface area contributed by atoms with Gasteiger partial charge >= 0.3 is 0 Å². The summed E-state index contributed by atoms with van der Waals surface area (Å²) in [7, 11) is -3.03. The van der Waals surface area contributed by atoms with Gasteiger partial charge in [-0.1, -0.05) is 27.4 Å². The van der Waals surface area contributed by atoms with Gasteiger partial charge in [0.25, 0.3) is 0 Å². The molecule has 0 spiro atoms. The fraction of sp³-hybridized carbons (Fsp3) is 0.900. The van der Waals surface area contributed by atoms with Crippen molar-refractivity contribution in [1.29, 1.82) is 0 Å². The van der Waals surface area contributed by atoms with Crippen LogP contribution in [0.3, 0.4) is 0 Å². The van der Waals surface area contributed by atoms with E-state index in [1.54, 1.807) is 0 Å². The summed E-state index contributed by atoms with van der Waals surface area (Å²) in [5, 5.41) is 0.147. The van der Waals surface area contributed by atoms with Gasteiger partial charge in [-0.05, 0) is 57.3 Å². The molecule has 0 aromatic heterocycles. The molecule has 5 nitrogen and oxygen atoms in total.